The Morgan fingerprint density at radius 3 is 2.37 bits per heavy atom. The van der Waals surface area contributed by atoms with Gasteiger partial charge in [-0.2, -0.15) is 0 Å². The lowest BCUT2D eigenvalue weighted by atomic mass is 9.93. The van der Waals surface area contributed by atoms with E-state index in [9.17, 15) is 13.2 Å². The molecular formula is C24H18N2O3S. The van der Waals surface area contributed by atoms with Crippen LogP contribution in [0.4, 0.5) is 5.69 Å². The van der Waals surface area contributed by atoms with Crippen LogP contribution in [0.1, 0.15) is 17.2 Å². The summed E-state index contributed by atoms with van der Waals surface area (Å²) in [4.78, 5) is 17.8. The first kappa shape index (κ1) is 18.5. The Morgan fingerprint density at radius 1 is 0.867 bits per heavy atom. The van der Waals surface area contributed by atoms with E-state index in [4.69, 9.17) is 4.98 Å². The molecule has 5 rings (SSSR count). The number of amides is 1. The Labute approximate surface area is 174 Å². The molecule has 1 aromatic heterocycles. The first-order valence-corrected chi connectivity index (χ1v) is 11.4. The molecule has 1 atom stereocenters. The number of nitrogens with zero attached hydrogens (tertiary/aromatic N) is 1. The Morgan fingerprint density at radius 2 is 1.60 bits per heavy atom. The van der Waals surface area contributed by atoms with Crippen LogP contribution in [0, 0.1) is 0 Å². The highest BCUT2D eigenvalue weighted by Crippen LogP contribution is 2.39. The van der Waals surface area contributed by atoms with Gasteiger partial charge in [-0.05, 0) is 53.1 Å². The zero-order valence-electron chi connectivity index (χ0n) is 16.2. The molecule has 0 spiro atoms. The second-order valence-corrected chi connectivity index (χ2v) is 9.47. The summed E-state index contributed by atoms with van der Waals surface area (Å²) in [5.41, 5.74) is 4.99. The molecule has 30 heavy (non-hydrogen) atoms. The normalized spacial score (nSPS) is 15.8. The third kappa shape index (κ3) is 3.15. The molecule has 0 radical (unpaired) electrons. The van der Waals surface area contributed by atoms with Crippen molar-refractivity contribution in [3.05, 3.63) is 90.1 Å². The molecule has 0 fully saturated rings. The van der Waals surface area contributed by atoms with Gasteiger partial charge in [0, 0.05) is 17.3 Å². The molecule has 3 aromatic carbocycles. The number of fused-ring (bicyclic) bond motifs is 2. The summed E-state index contributed by atoms with van der Waals surface area (Å²) in [5.74, 6) is -0.586. The van der Waals surface area contributed by atoms with Crippen molar-refractivity contribution in [2.24, 2.45) is 0 Å². The fourth-order valence-electron chi connectivity index (χ4n) is 3.87. The van der Waals surface area contributed by atoms with Gasteiger partial charge in [0.15, 0.2) is 9.84 Å². The predicted molar refractivity (Wildman–Crippen MR) is 117 cm³/mol. The van der Waals surface area contributed by atoms with Crippen molar-refractivity contribution in [3.63, 3.8) is 0 Å². The highest BCUT2D eigenvalue weighted by Gasteiger charge is 2.33. The van der Waals surface area contributed by atoms with Gasteiger partial charge < -0.3 is 5.32 Å². The SMILES string of the molecule is CS(=O)(=O)c1ccc(-c2ccc3c(c2)C(c2ccc4ccccc4n2)C(=O)N3)cc1. The molecule has 1 unspecified atom stereocenters. The zero-order chi connectivity index (χ0) is 20.9. The molecule has 0 saturated heterocycles. The summed E-state index contributed by atoms with van der Waals surface area (Å²) in [7, 11) is -3.24. The smallest absolute Gasteiger partial charge is 0.238 e. The Bertz CT molecular complexity index is 1410. The molecule has 0 bridgehead atoms. The van der Waals surface area contributed by atoms with Crippen LogP contribution in [0.3, 0.4) is 0 Å². The van der Waals surface area contributed by atoms with Gasteiger partial charge in [0.1, 0.15) is 5.92 Å². The minimum Gasteiger partial charge on any atom is -0.325 e. The van der Waals surface area contributed by atoms with Gasteiger partial charge in [-0.1, -0.05) is 42.5 Å². The summed E-state index contributed by atoms with van der Waals surface area (Å²) in [6.07, 6.45) is 1.19. The molecule has 0 aliphatic carbocycles. The molecule has 1 aliphatic rings. The van der Waals surface area contributed by atoms with Crippen molar-refractivity contribution in [1.29, 1.82) is 0 Å². The van der Waals surface area contributed by atoms with Crippen molar-refractivity contribution in [2.75, 3.05) is 11.6 Å². The largest absolute Gasteiger partial charge is 0.325 e. The van der Waals surface area contributed by atoms with Gasteiger partial charge >= 0.3 is 0 Å². The molecule has 148 valence electrons. The molecule has 1 amide bonds. The molecule has 5 nitrogen and oxygen atoms in total. The third-order valence-electron chi connectivity index (χ3n) is 5.41. The summed E-state index contributed by atoms with van der Waals surface area (Å²) in [6, 6.07) is 24.3. The average Bonchev–Trinajstić information content (AvgIpc) is 3.07. The third-order valence-corrected chi connectivity index (χ3v) is 6.54. The number of anilines is 1. The number of carbonyl (C=O) groups excluding carboxylic acids is 1. The summed E-state index contributed by atoms with van der Waals surface area (Å²) in [5, 5.41) is 3.97. The van der Waals surface area contributed by atoms with E-state index >= 15 is 0 Å². The molecule has 6 heteroatoms. The van der Waals surface area contributed by atoms with E-state index < -0.39 is 15.8 Å². The summed E-state index contributed by atoms with van der Waals surface area (Å²) >= 11 is 0. The molecule has 0 saturated carbocycles. The number of carbonyl (C=O) groups is 1. The van der Waals surface area contributed by atoms with Crippen LogP contribution in [0.2, 0.25) is 0 Å². The summed E-state index contributed by atoms with van der Waals surface area (Å²) < 4.78 is 23.4. The van der Waals surface area contributed by atoms with E-state index in [1.54, 1.807) is 24.3 Å². The maximum atomic E-state index is 12.8. The highest BCUT2D eigenvalue weighted by atomic mass is 32.2. The van der Waals surface area contributed by atoms with E-state index in [1.165, 1.54) is 6.26 Å². The van der Waals surface area contributed by atoms with E-state index in [0.29, 0.717) is 5.69 Å². The van der Waals surface area contributed by atoms with Crippen LogP contribution in [-0.2, 0) is 14.6 Å². The number of hydrogen-bond acceptors (Lipinski definition) is 4. The lowest BCUT2D eigenvalue weighted by Crippen LogP contribution is -2.14. The molecule has 1 N–H and O–H groups in total. The fraction of sp³-hybridized carbons (Fsp3) is 0.0833. The van der Waals surface area contributed by atoms with Crippen LogP contribution >= 0.6 is 0 Å². The Hall–Kier alpha value is -3.51. The second kappa shape index (κ2) is 6.78. The van der Waals surface area contributed by atoms with Crippen molar-refractivity contribution in [1.82, 2.24) is 4.98 Å². The predicted octanol–water partition coefficient (Wildman–Crippen LogP) is 4.39. The number of hydrogen-bond donors (Lipinski definition) is 1. The van der Waals surface area contributed by atoms with E-state index in [-0.39, 0.29) is 10.8 Å². The fourth-order valence-corrected chi connectivity index (χ4v) is 4.50. The van der Waals surface area contributed by atoms with E-state index in [1.807, 2.05) is 54.6 Å². The number of para-hydroxylation sites is 1. The van der Waals surface area contributed by atoms with Gasteiger partial charge in [0.05, 0.1) is 16.1 Å². The van der Waals surface area contributed by atoms with Crippen molar-refractivity contribution < 1.29 is 13.2 Å². The van der Waals surface area contributed by atoms with E-state index in [2.05, 4.69) is 5.32 Å². The number of benzene rings is 3. The number of nitrogens with one attached hydrogen (secondary N) is 1. The van der Waals surface area contributed by atoms with Crippen molar-refractivity contribution in [3.8, 4) is 11.1 Å². The number of rotatable bonds is 3. The minimum atomic E-state index is -3.24. The van der Waals surface area contributed by atoms with Gasteiger partial charge in [-0.3, -0.25) is 9.78 Å². The van der Waals surface area contributed by atoms with Gasteiger partial charge in [0.2, 0.25) is 5.91 Å². The molecule has 1 aliphatic heterocycles. The Kier molecular flexibility index (Phi) is 4.18. The second-order valence-electron chi connectivity index (χ2n) is 7.45. The lowest BCUT2D eigenvalue weighted by molar-refractivity contribution is -0.116. The zero-order valence-corrected chi connectivity index (χ0v) is 17.0. The molecule has 2 heterocycles. The van der Waals surface area contributed by atoms with Gasteiger partial charge in [-0.25, -0.2) is 8.42 Å². The van der Waals surface area contributed by atoms with E-state index in [0.717, 1.165) is 33.3 Å². The van der Waals surface area contributed by atoms with Crippen LogP contribution in [0.5, 0.6) is 0 Å². The topological polar surface area (TPSA) is 76.1 Å². The van der Waals surface area contributed by atoms with Crippen LogP contribution < -0.4 is 5.32 Å². The molecular weight excluding hydrogens is 396 g/mol. The lowest BCUT2D eigenvalue weighted by Gasteiger charge is -2.11. The number of sulfone groups is 1. The van der Waals surface area contributed by atoms with Crippen LogP contribution in [-0.4, -0.2) is 25.6 Å². The summed E-state index contributed by atoms with van der Waals surface area (Å²) in [6.45, 7) is 0. The van der Waals surface area contributed by atoms with Crippen molar-refractivity contribution in [2.45, 2.75) is 10.8 Å². The number of pyridine rings is 1. The maximum absolute atomic E-state index is 12.8. The maximum Gasteiger partial charge on any atom is 0.238 e. The first-order valence-electron chi connectivity index (χ1n) is 9.51. The monoisotopic (exact) mass is 414 g/mol. The average molecular weight is 414 g/mol. The van der Waals surface area contributed by atoms with Crippen molar-refractivity contribution >= 4 is 32.3 Å². The minimum absolute atomic E-state index is 0.0997. The quantitative estimate of drug-likeness (QED) is 0.539. The van der Waals surface area contributed by atoms with Crippen LogP contribution in [0.15, 0.2) is 83.8 Å². The first-order chi connectivity index (χ1) is 14.4. The number of aromatic nitrogens is 1. The standard InChI is InChI=1S/C24H18N2O3S/c1-30(28,29)18-10-6-15(7-11-18)17-9-12-21-19(14-17)23(24(27)26-21)22-13-8-16-4-2-3-5-20(16)25-22/h2-14,23H,1H3,(H,26,27). The highest BCUT2D eigenvalue weighted by molar-refractivity contribution is 7.90. The van der Waals surface area contributed by atoms with Gasteiger partial charge in [-0.15, -0.1) is 0 Å². The van der Waals surface area contributed by atoms with Crippen LogP contribution in [0.25, 0.3) is 22.0 Å². The molecule has 4 aromatic rings. The van der Waals surface area contributed by atoms with Gasteiger partial charge in [0.25, 0.3) is 0 Å². The Balaban J connectivity index is 1.57.